The van der Waals surface area contributed by atoms with Crippen LogP contribution in [0.25, 0.3) is 0 Å². The fraction of sp³-hybridized carbons (Fsp3) is 0.368. The lowest BCUT2D eigenvalue weighted by atomic mass is 10.1. The number of hydrogen-bond donors (Lipinski definition) is 3. The van der Waals surface area contributed by atoms with E-state index < -0.39 is 6.10 Å². The molecule has 0 spiro atoms. The maximum absolute atomic E-state index is 10.0. The molecule has 4 nitrogen and oxygen atoms in total. The summed E-state index contributed by atoms with van der Waals surface area (Å²) in [5.41, 5.74) is 2.21. The maximum atomic E-state index is 10.0. The van der Waals surface area contributed by atoms with Crippen LogP contribution >= 0.6 is 0 Å². The summed E-state index contributed by atoms with van der Waals surface area (Å²) in [6, 6.07) is 15.2. The lowest BCUT2D eigenvalue weighted by Crippen LogP contribution is -2.37. The van der Waals surface area contributed by atoms with Gasteiger partial charge in [-0.2, -0.15) is 0 Å². The maximum Gasteiger partial charge on any atom is 0.122 e. The van der Waals surface area contributed by atoms with E-state index in [1.54, 1.807) is 12.1 Å². The highest BCUT2D eigenvalue weighted by Crippen LogP contribution is 2.16. The molecule has 2 aromatic rings. The third kappa shape index (κ3) is 5.93. The number of aliphatic hydroxyl groups is 1. The average molecular weight is 315 g/mol. The van der Waals surface area contributed by atoms with Crippen LogP contribution in [0.3, 0.4) is 0 Å². The Balaban J connectivity index is 1.70. The van der Waals surface area contributed by atoms with Crippen molar-refractivity contribution in [2.45, 2.75) is 32.4 Å². The number of aryl methyl sites for hydroxylation is 1. The van der Waals surface area contributed by atoms with Gasteiger partial charge < -0.3 is 20.3 Å². The standard InChI is InChI=1S/C19H25NO3/c1-14-5-3-4-6-19(14)23-13-18(22)12-20-15(2)11-16-7-9-17(21)10-8-16/h3-10,15,18,20-22H,11-13H2,1-2H3. The van der Waals surface area contributed by atoms with Gasteiger partial charge in [0.1, 0.15) is 24.2 Å². The molecule has 124 valence electrons. The van der Waals surface area contributed by atoms with Gasteiger partial charge in [-0.3, -0.25) is 0 Å². The first-order chi connectivity index (χ1) is 11.0. The van der Waals surface area contributed by atoms with Crippen LogP contribution in [-0.2, 0) is 6.42 Å². The van der Waals surface area contributed by atoms with Crippen LogP contribution in [0, 0.1) is 6.92 Å². The number of aliphatic hydroxyl groups excluding tert-OH is 1. The summed E-state index contributed by atoms with van der Waals surface area (Å²) in [5.74, 6) is 1.09. The molecule has 4 heteroatoms. The van der Waals surface area contributed by atoms with Crippen molar-refractivity contribution in [3.05, 3.63) is 59.7 Å². The van der Waals surface area contributed by atoms with Gasteiger partial charge in [0.05, 0.1) is 0 Å². The zero-order chi connectivity index (χ0) is 16.7. The molecular weight excluding hydrogens is 290 g/mol. The van der Waals surface area contributed by atoms with Crippen LogP contribution in [0.5, 0.6) is 11.5 Å². The molecule has 0 bridgehead atoms. The highest BCUT2D eigenvalue weighted by molar-refractivity contribution is 5.31. The predicted octanol–water partition coefficient (Wildman–Crippen LogP) is 2.66. The Morgan fingerprint density at radius 1 is 1.09 bits per heavy atom. The summed E-state index contributed by atoms with van der Waals surface area (Å²) in [6.45, 7) is 4.80. The second kappa shape index (κ2) is 8.56. The van der Waals surface area contributed by atoms with Crippen molar-refractivity contribution >= 4 is 0 Å². The summed E-state index contributed by atoms with van der Waals surface area (Å²) >= 11 is 0. The van der Waals surface area contributed by atoms with Crippen LogP contribution in [-0.4, -0.2) is 35.5 Å². The average Bonchev–Trinajstić information content (AvgIpc) is 2.54. The van der Waals surface area contributed by atoms with E-state index in [4.69, 9.17) is 4.74 Å². The van der Waals surface area contributed by atoms with Crippen molar-refractivity contribution in [3.8, 4) is 11.5 Å². The van der Waals surface area contributed by atoms with E-state index in [0.717, 1.165) is 23.3 Å². The molecule has 0 aliphatic carbocycles. The molecule has 0 aromatic heterocycles. The van der Waals surface area contributed by atoms with Crippen LogP contribution in [0.15, 0.2) is 48.5 Å². The number of ether oxygens (including phenoxy) is 1. The van der Waals surface area contributed by atoms with Gasteiger partial charge in [0.25, 0.3) is 0 Å². The van der Waals surface area contributed by atoms with Gasteiger partial charge in [0.2, 0.25) is 0 Å². The van der Waals surface area contributed by atoms with Crippen LogP contribution < -0.4 is 10.1 Å². The molecule has 3 N–H and O–H groups in total. The highest BCUT2D eigenvalue weighted by Gasteiger charge is 2.09. The molecule has 2 rings (SSSR count). The third-order valence-corrected chi connectivity index (χ3v) is 3.70. The van der Waals surface area contributed by atoms with Gasteiger partial charge in [-0.1, -0.05) is 30.3 Å². The number of nitrogens with one attached hydrogen (secondary N) is 1. The number of rotatable bonds is 8. The minimum atomic E-state index is -0.558. The van der Waals surface area contributed by atoms with E-state index in [9.17, 15) is 10.2 Å². The van der Waals surface area contributed by atoms with Crippen LogP contribution in [0.2, 0.25) is 0 Å². The first kappa shape index (κ1) is 17.3. The Kier molecular flexibility index (Phi) is 6.44. The topological polar surface area (TPSA) is 61.7 Å². The number of hydrogen-bond acceptors (Lipinski definition) is 4. The fourth-order valence-electron chi connectivity index (χ4n) is 2.36. The van der Waals surface area contributed by atoms with Crippen molar-refractivity contribution < 1.29 is 14.9 Å². The van der Waals surface area contributed by atoms with Crippen LogP contribution in [0.4, 0.5) is 0 Å². The number of phenolic OH excluding ortho intramolecular Hbond substituents is 1. The summed E-state index contributed by atoms with van der Waals surface area (Å²) in [4.78, 5) is 0. The molecule has 2 aromatic carbocycles. The summed E-state index contributed by atoms with van der Waals surface area (Å²) in [7, 11) is 0. The minimum absolute atomic E-state index is 0.229. The van der Waals surface area contributed by atoms with Crippen molar-refractivity contribution in [2.75, 3.05) is 13.2 Å². The van der Waals surface area contributed by atoms with Crippen molar-refractivity contribution in [1.82, 2.24) is 5.32 Å². The van der Waals surface area contributed by atoms with E-state index in [-0.39, 0.29) is 18.4 Å². The quantitative estimate of drug-likeness (QED) is 0.701. The molecular formula is C19H25NO3. The first-order valence-corrected chi connectivity index (χ1v) is 7.92. The molecule has 23 heavy (non-hydrogen) atoms. The molecule has 0 radical (unpaired) electrons. The number of phenols is 1. The van der Waals surface area contributed by atoms with E-state index in [2.05, 4.69) is 12.2 Å². The molecule has 0 aliphatic rings. The Labute approximate surface area is 137 Å². The van der Waals surface area contributed by atoms with Gasteiger partial charge in [-0.15, -0.1) is 0 Å². The molecule has 2 atom stereocenters. The Morgan fingerprint density at radius 3 is 2.48 bits per heavy atom. The van der Waals surface area contributed by atoms with E-state index in [1.165, 1.54) is 0 Å². The molecule has 2 unspecified atom stereocenters. The largest absolute Gasteiger partial charge is 0.508 e. The van der Waals surface area contributed by atoms with E-state index in [1.807, 2.05) is 43.3 Å². The SMILES string of the molecule is Cc1ccccc1OCC(O)CNC(C)Cc1ccc(O)cc1. The molecule has 0 fully saturated rings. The van der Waals surface area contributed by atoms with Gasteiger partial charge in [-0.25, -0.2) is 0 Å². The van der Waals surface area contributed by atoms with Gasteiger partial charge in [0, 0.05) is 12.6 Å². The zero-order valence-electron chi connectivity index (χ0n) is 13.7. The van der Waals surface area contributed by atoms with Crippen molar-refractivity contribution in [2.24, 2.45) is 0 Å². The first-order valence-electron chi connectivity index (χ1n) is 7.92. The Hall–Kier alpha value is -2.04. The highest BCUT2D eigenvalue weighted by atomic mass is 16.5. The second-order valence-corrected chi connectivity index (χ2v) is 5.91. The van der Waals surface area contributed by atoms with E-state index >= 15 is 0 Å². The summed E-state index contributed by atoms with van der Waals surface area (Å²) < 4.78 is 5.64. The molecule has 0 saturated carbocycles. The van der Waals surface area contributed by atoms with Gasteiger partial charge in [-0.05, 0) is 49.6 Å². The smallest absolute Gasteiger partial charge is 0.122 e. The van der Waals surface area contributed by atoms with Gasteiger partial charge in [0.15, 0.2) is 0 Å². The lowest BCUT2D eigenvalue weighted by molar-refractivity contribution is 0.104. The molecule has 0 saturated heterocycles. The van der Waals surface area contributed by atoms with E-state index in [0.29, 0.717) is 6.54 Å². The molecule has 0 amide bonds. The Bertz CT molecular complexity index is 598. The van der Waals surface area contributed by atoms with Gasteiger partial charge >= 0.3 is 0 Å². The Morgan fingerprint density at radius 2 is 1.78 bits per heavy atom. The van der Waals surface area contributed by atoms with Crippen molar-refractivity contribution in [3.63, 3.8) is 0 Å². The number of para-hydroxylation sites is 1. The molecule has 0 aliphatic heterocycles. The fourth-order valence-corrected chi connectivity index (χ4v) is 2.36. The number of aromatic hydroxyl groups is 1. The van der Waals surface area contributed by atoms with Crippen LogP contribution in [0.1, 0.15) is 18.1 Å². The lowest BCUT2D eigenvalue weighted by Gasteiger charge is -2.18. The zero-order valence-corrected chi connectivity index (χ0v) is 13.7. The summed E-state index contributed by atoms with van der Waals surface area (Å²) in [5, 5.41) is 22.6. The predicted molar refractivity (Wildman–Crippen MR) is 92.0 cm³/mol. The normalized spacial score (nSPS) is 13.5. The van der Waals surface area contributed by atoms with Crippen molar-refractivity contribution in [1.29, 1.82) is 0 Å². The monoisotopic (exact) mass is 315 g/mol. The summed E-state index contributed by atoms with van der Waals surface area (Å²) in [6.07, 6.45) is 0.280. The minimum Gasteiger partial charge on any atom is -0.508 e. The molecule has 0 heterocycles. The second-order valence-electron chi connectivity index (χ2n) is 5.91. The number of benzene rings is 2. The third-order valence-electron chi connectivity index (χ3n) is 3.70.